The van der Waals surface area contributed by atoms with E-state index in [2.05, 4.69) is 42.8 Å². The highest BCUT2D eigenvalue weighted by atomic mass is 16.6. The van der Waals surface area contributed by atoms with Crippen molar-refractivity contribution in [2.75, 3.05) is 13.7 Å². The summed E-state index contributed by atoms with van der Waals surface area (Å²) in [4.78, 5) is 11.4. The largest absolute Gasteiger partial charge is 0.481 e. The van der Waals surface area contributed by atoms with Gasteiger partial charge in [0.2, 0.25) is 0 Å². The second-order valence-corrected chi connectivity index (χ2v) is 5.07. The summed E-state index contributed by atoms with van der Waals surface area (Å²) in [6.07, 6.45) is 1.83. The highest BCUT2D eigenvalue weighted by Gasteiger charge is 2.13. The molecule has 0 heterocycles. The second kappa shape index (κ2) is 7.64. The van der Waals surface area contributed by atoms with Crippen LogP contribution in [0.3, 0.4) is 0 Å². The molecule has 0 aliphatic carbocycles. The Hall–Kier alpha value is -2.29. The molecule has 2 aromatic rings. The van der Waals surface area contributed by atoms with E-state index in [9.17, 15) is 4.79 Å². The van der Waals surface area contributed by atoms with E-state index in [1.54, 1.807) is 0 Å². The van der Waals surface area contributed by atoms with E-state index in [0.29, 0.717) is 0 Å². The first-order valence-corrected chi connectivity index (χ1v) is 7.60. The molecule has 22 heavy (non-hydrogen) atoms. The van der Waals surface area contributed by atoms with Gasteiger partial charge in [0.05, 0.1) is 7.11 Å². The van der Waals surface area contributed by atoms with Crippen LogP contribution in [0.25, 0.3) is 11.1 Å². The summed E-state index contributed by atoms with van der Waals surface area (Å²) in [5, 5.41) is 0. The third kappa shape index (κ3) is 3.67. The van der Waals surface area contributed by atoms with Gasteiger partial charge in [0.15, 0.2) is 6.61 Å². The van der Waals surface area contributed by atoms with Gasteiger partial charge in [-0.15, -0.1) is 0 Å². The van der Waals surface area contributed by atoms with E-state index in [0.717, 1.165) is 35.3 Å². The predicted octanol–water partition coefficient (Wildman–Crippen LogP) is 4.03. The molecule has 0 aromatic heterocycles. The molecule has 0 spiro atoms. The smallest absolute Gasteiger partial charge is 0.343 e. The highest BCUT2D eigenvalue weighted by molar-refractivity contribution is 5.75. The summed E-state index contributed by atoms with van der Waals surface area (Å²) < 4.78 is 10.4. The van der Waals surface area contributed by atoms with Crippen LogP contribution in [0.1, 0.15) is 25.0 Å². The lowest BCUT2D eigenvalue weighted by molar-refractivity contribution is -0.142. The van der Waals surface area contributed by atoms with Crippen LogP contribution in [0, 0.1) is 0 Å². The molecule has 0 unspecified atom stereocenters. The molecule has 0 amide bonds. The maximum absolute atomic E-state index is 11.4. The maximum atomic E-state index is 11.4. The van der Waals surface area contributed by atoms with Crippen LogP contribution in [-0.2, 0) is 22.4 Å². The molecule has 0 saturated heterocycles. The van der Waals surface area contributed by atoms with E-state index < -0.39 is 0 Å². The molecule has 0 bridgehead atoms. The summed E-state index contributed by atoms with van der Waals surface area (Å²) >= 11 is 0. The van der Waals surface area contributed by atoms with Crippen molar-refractivity contribution in [2.45, 2.75) is 26.7 Å². The normalized spacial score (nSPS) is 10.3. The number of benzene rings is 2. The zero-order chi connectivity index (χ0) is 15.9. The van der Waals surface area contributed by atoms with Crippen LogP contribution < -0.4 is 4.74 Å². The molecular formula is C19H22O3. The standard InChI is InChI=1S/C19H22O3/c1-4-14-8-6-10-16(12-14)17-11-7-9-15(5-2)19(17)22-13-18(20)21-3/h6-12H,4-5,13H2,1-3H3. The lowest BCUT2D eigenvalue weighted by atomic mass is 9.98. The van der Waals surface area contributed by atoms with Gasteiger partial charge in [-0.2, -0.15) is 0 Å². The van der Waals surface area contributed by atoms with Gasteiger partial charge in [-0.05, 0) is 29.5 Å². The molecule has 2 rings (SSSR count). The lowest BCUT2D eigenvalue weighted by Gasteiger charge is -2.15. The number of carbonyl (C=O) groups excluding carboxylic acids is 1. The minimum atomic E-state index is -0.376. The molecule has 3 nitrogen and oxygen atoms in total. The second-order valence-electron chi connectivity index (χ2n) is 5.07. The molecule has 0 aliphatic heterocycles. The first-order valence-electron chi connectivity index (χ1n) is 7.60. The van der Waals surface area contributed by atoms with Crippen LogP contribution in [0.2, 0.25) is 0 Å². The molecule has 0 fully saturated rings. The summed E-state index contributed by atoms with van der Waals surface area (Å²) in [5.74, 6) is 0.391. The summed E-state index contributed by atoms with van der Waals surface area (Å²) in [7, 11) is 1.36. The molecule has 2 aromatic carbocycles. The third-order valence-corrected chi connectivity index (χ3v) is 3.69. The van der Waals surface area contributed by atoms with Crippen LogP contribution in [0.4, 0.5) is 0 Å². The van der Waals surface area contributed by atoms with E-state index in [1.807, 2.05) is 18.2 Å². The average Bonchev–Trinajstić information content (AvgIpc) is 2.59. The first-order chi connectivity index (χ1) is 10.7. The fourth-order valence-corrected chi connectivity index (χ4v) is 2.41. The zero-order valence-electron chi connectivity index (χ0n) is 13.4. The lowest BCUT2D eigenvalue weighted by Crippen LogP contribution is -2.13. The summed E-state index contributed by atoms with van der Waals surface area (Å²) in [6, 6.07) is 14.5. The van der Waals surface area contributed by atoms with Gasteiger partial charge in [0, 0.05) is 5.56 Å². The van der Waals surface area contributed by atoms with Crippen LogP contribution in [0.5, 0.6) is 5.75 Å². The van der Waals surface area contributed by atoms with Crippen LogP contribution in [0.15, 0.2) is 42.5 Å². The van der Waals surface area contributed by atoms with Gasteiger partial charge in [-0.1, -0.05) is 56.3 Å². The van der Waals surface area contributed by atoms with Gasteiger partial charge in [0.25, 0.3) is 0 Å². The van der Waals surface area contributed by atoms with Crippen molar-refractivity contribution >= 4 is 5.97 Å². The van der Waals surface area contributed by atoms with Crippen molar-refractivity contribution in [1.29, 1.82) is 0 Å². The van der Waals surface area contributed by atoms with Crippen molar-refractivity contribution in [3.8, 4) is 16.9 Å². The van der Waals surface area contributed by atoms with Crippen molar-refractivity contribution in [1.82, 2.24) is 0 Å². The third-order valence-electron chi connectivity index (χ3n) is 3.69. The van der Waals surface area contributed by atoms with Gasteiger partial charge < -0.3 is 9.47 Å². The Labute approximate surface area is 131 Å². The van der Waals surface area contributed by atoms with Crippen molar-refractivity contribution < 1.29 is 14.3 Å². The number of esters is 1. The summed E-state index contributed by atoms with van der Waals surface area (Å²) in [5.41, 5.74) is 4.48. The van der Waals surface area contributed by atoms with E-state index >= 15 is 0 Å². The number of carbonyl (C=O) groups is 1. The molecule has 0 radical (unpaired) electrons. The minimum absolute atomic E-state index is 0.0754. The Morgan fingerprint density at radius 3 is 2.50 bits per heavy atom. The Morgan fingerprint density at radius 2 is 1.82 bits per heavy atom. The highest BCUT2D eigenvalue weighted by Crippen LogP contribution is 2.34. The van der Waals surface area contributed by atoms with Gasteiger partial charge in [-0.3, -0.25) is 0 Å². The molecular weight excluding hydrogens is 276 g/mol. The van der Waals surface area contributed by atoms with E-state index in [-0.39, 0.29) is 12.6 Å². The Morgan fingerprint density at radius 1 is 1.05 bits per heavy atom. The monoisotopic (exact) mass is 298 g/mol. The number of aryl methyl sites for hydroxylation is 2. The van der Waals surface area contributed by atoms with E-state index in [4.69, 9.17) is 4.74 Å². The SMILES string of the molecule is CCc1cccc(-c2cccc(CC)c2OCC(=O)OC)c1. The molecule has 116 valence electrons. The van der Waals surface area contributed by atoms with Crippen molar-refractivity contribution in [2.24, 2.45) is 0 Å². The van der Waals surface area contributed by atoms with Crippen molar-refractivity contribution in [3.63, 3.8) is 0 Å². The van der Waals surface area contributed by atoms with Crippen LogP contribution in [-0.4, -0.2) is 19.7 Å². The molecule has 0 atom stereocenters. The number of ether oxygens (including phenoxy) is 2. The number of para-hydroxylation sites is 1. The Kier molecular flexibility index (Phi) is 5.59. The molecule has 0 saturated carbocycles. The predicted molar refractivity (Wildman–Crippen MR) is 88.1 cm³/mol. The van der Waals surface area contributed by atoms with Gasteiger partial charge in [-0.25, -0.2) is 4.79 Å². The topological polar surface area (TPSA) is 35.5 Å². The average molecular weight is 298 g/mol. The summed E-state index contributed by atoms with van der Waals surface area (Å²) in [6.45, 7) is 4.14. The Bertz CT molecular complexity index is 647. The fourth-order valence-electron chi connectivity index (χ4n) is 2.41. The van der Waals surface area contributed by atoms with Crippen molar-refractivity contribution in [3.05, 3.63) is 53.6 Å². The number of hydrogen-bond donors (Lipinski definition) is 0. The maximum Gasteiger partial charge on any atom is 0.343 e. The van der Waals surface area contributed by atoms with E-state index in [1.165, 1.54) is 12.7 Å². The first kappa shape index (κ1) is 16.1. The van der Waals surface area contributed by atoms with Crippen LogP contribution >= 0.6 is 0 Å². The quantitative estimate of drug-likeness (QED) is 0.755. The zero-order valence-corrected chi connectivity index (χ0v) is 13.4. The fraction of sp³-hybridized carbons (Fsp3) is 0.316. The molecule has 0 aliphatic rings. The number of hydrogen-bond acceptors (Lipinski definition) is 3. The number of methoxy groups -OCH3 is 1. The molecule has 3 heteroatoms. The minimum Gasteiger partial charge on any atom is -0.481 e. The Balaban J connectivity index is 2.43. The molecule has 0 N–H and O–H groups in total. The number of rotatable bonds is 6. The van der Waals surface area contributed by atoms with Gasteiger partial charge >= 0.3 is 5.97 Å². The van der Waals surface area contributed by atoms with Gasteiger partial charge in [0.1, 0.15) is 5.75 Å².